The molecule has 5 nitrogen and oxygen atoms in total. The summed E-state index contributed by atoms with van der Waals surface area (Å²) in [7, 11) is 0. The number of aliphatic hydroxyl groups is 1. The van der Waals surface area contributed by atoms with Crippen LogP contribution in [0.2, 0.25) is 0 Å². The highest BCUT2D eigenvalue weighted by atomic mass is 79.9. The zero-order valence-electron chi connectivity index (χ0n) is 18.0. The molecule has 2 aliphatic rings. The minimum absolute atomic E-state index is 0.0663. The summed E-state index contributed by atoms with van der Waals surface area (Å²) in [4.78, 5) is 27.9. The molecule has 2 atom stereocenters. The van der Waals surface area contributed by atoms with E-state index in [1.807, 2.05) is 73.7 Å². The molecule has 6 heteroatoms. The topological polar surface area (TPSA) is 66.8 Å². The minimum Gasteiger partial charge on any atom is -0.507 e. The zero-order chi connectivity index (χ0) is 23.1. The van der Waals surface area contributed by atoms with Crippen LogP contribution in [0.5, 0.6) is 5.75 Å². The van der Waals surface area contributed by atoms with E-state index in [1.165, 1.54) is 4.90 Å². The Labute approximate surface area is 200 Å². The third kappa shape index (κ3) is 3.95. The molecule has 0 spiro atoms. The molecule has 0 aliphatic carbocycles. The number of benzene rings is 3. The van der Waals surface area contributed by atoms with Gasteiger partial charge in [-0.2, -0.15) is 0 Å². The lowest BCUT2D eigenvalue weighted by Crippen LogP contribution is -2.29. The van der Waals surface area contributed by atoms with Crippen LogP contribution in [0.4, 0.5) is 0 Å². The monoisotopic (exact) mass is 503 g/mol. The SMILES string of the molecule is C[C@@H]1Cc2cc(/C(O)=C3\C(=O)C(=O)N(Cc4ccccc4)[C@@H]3c3ccc(Br)cc3)ccc2O1. The fraction of sp³-hybridized carbons (Fsp3) is 0.185. The molecule has 2 aliphatic heterocycles. The Hall–Kier alpha value is -3.38. The van der Waals surface area contributed by atoms with Gasteiger partial charge in [0.1, 0.15) is 17.6 Å². The predicted octanol–water partition coefficient (Wildman–Crippen LogP) is 5.39. The van der Waals surface area contributed by atoms with E-state index in [-0.39, 0.29) is 24.0 Å². The average Bonchev–Trinajstić information content (AvgIpc) is 3.31. The molecule has 33 heavy (non-hydrogen) atoms. The van der Waals surface area contributed by atoms with Crippen molar-refractivity contribution in [1.29, 1.82) is 0 Å². The number of likely N-dealkylation sites (tertiary alicyclic amines) is 1. The molecule has 1 fully saturated rings. The lowest BCUT2D eigenvalue weighted by molar-refractivity contribution is -0.140. The third-order valence-corrected chi connectivity index (χ3v) is 6.62. The third-order valence-electron chi connectivity index (χ3n) is 6.09. The van der Waals surface area contributed by atoms with Crippen LogP contribution in [0.1, 0.15) is 35.2 Å². The lowest BCUT2D eigenvalue weighted by atomic mass is 9.94. The summed E-state index contributed by atoms with van der Waals surface area (Å²) < 4.78 is 6.65. The van der Waals surface area contributed by atoms with Crippen LogP contribution >= 0.6 is 15.9 Å². The number of carbonyl (C=O) groups is 2. The predicted molar refractivity (Wildman–Crippen MR) is 129 cm³/mol. The van der Waals surface area contributed by atoms with E-state index in [1.54, 1.807) is 6.07 Å². The van der Waals surface area contributed by atoms with Crippen molar-refractivity contribution in [3.05, 3.63) is 105 Å². The Balaban J connectivity index is 1.62. The maximum Gasteiger partial charge on any atom is 0.295 e. The zero-order valence-corrected chi connectivity index (χ0v) is 19.6. The Morgan fingerprint density at radius 2 is 1.79 bits per heavy atom. The van der Waals surface area contributed by atoms with Crippen LogP contribution in [0.3, 0.4) is 0 Å². The average molecular weight is 504 g/mol. The number of nitrogens with zero attached hydrogens (tertiary/aromatic N) is 1. The first kappa shape index (κ1) is 21.5. The molecule has 0 aromatic heterocycles. The van der Waals surface area contributed by atoms with Crippen molar-refractivity contribution in [2.45, 2.75) is 32.0 Å². The molecule has 166 valence electrons. The molecule has 0 bridgehead atoms. The van der Waals surface area contributed by atoms with Gasteiger partial charge in [0.15, 0.2) is 0 Å². The van der Waals surface area contributed by atoms with Gasteiger partial charge in [0.05, 0.1) is 11.6 Å². The standard InChI is InChI=1S/C27H22BrNO4/c1-16-13-20-14-19(9-12-22(20)33-16)25(30)23-24(18-7-10-21(28)11-8-18)29(27(32)26(23)31)15-17-5-3-2-4-6-17/h2-12,14,16,24,30H,13,15H2,1H3/b25-23+/t16-,24-/m1/s1. The van der Waals surface area contributed by atoms with Crippen molar-refractivity contribution in [1.82, 2.24) is 4.90 Å². The van der Waals surface area contributed by atoms with Crippen LogP contribution in [0.25, 0.3) is 5.76 Å². The summed E-state index contributed by atoms with van der Waals surface area (Å²) in [6.07, 6.45) is 0.797. The van der Waals surface area contributed by atoms with Crippen molar-refractivity contribution in [3.8, 4) is 5.75 Å². The van der Waals surface area contributed by atoms with E-state index in [4.69, 9.17) is 4.74 Å². The summed E-state index contributed by atoms with van der Waals surface area (Å²) in [6, 6.07) is 21.7. The first-order valence-electron chi connectivity index (χ1n) is 10.8. The molecular formula is C27H22BrNO4. The molecule has 0 unspecified atom stereocenters. The van der Waals surface area contributed by atoms with Gasteiger partial charge in [0.2, 0.25) is 0 Å². The lowest BCUT2D eigenvalue weighted by Gasteiger charge is -2.25. The smallest absolute Gasteiger partial charge is 0.295 e. The summed E-state index contributed by atoms with van der Waals surface area (Å²) >= 11 is 3.44. The summed E-state index contributed by atoms with van der Waals surface area (Å²) in [5.41, 5.74) is 3.25. The second kappa shape index (κ2) is 8.52. The van der Waals surface area contributed by atoms with Crippen molar-refractivity contribution in [3.63, 3.8) is 0 Å². The van der Waals surface area contributed by atoms with Crippen LogP contribution in [-0.4, -0.2) is 27.8 Å². The number of hydrogen-bond donors (Lipinski definition) is 1. The number of halogens is 1. The van der Waals surface area contributed by atoms with Crippen LogP contribution < -0.4 is 4.74 Å². The van der Waals surface area contributed by atoms with E-state index in [0.717, 1.165) is 33.3 Å². The number of rotatable bonds is 4. The van der Waals surface area contributed by atoms with Crippen LogP contribution in [0, 0.1) is 0 Å². The fourth-order valence-corrected chi connectivity index (χ4v) is 4.80. The van der Waals surface area contributed by atoms with Gasteiger partial charge in [-0.1, -0.05) is 58.4 Å². The highest BCUT2D eigenvalue weighted by Gasteiger charge is 2.46. The van der Waals surface area contributed by atoms with E-state index in [0.29, 0.717) is 5.56 Å². The fourth-order valence-electron chi connectivity index (χ4n) is 4.54. The second-order valence-electron chi connectivity index (χ2n) is 8.42. The maximum atomic E-state index is 13.2. The van der Waals surface area contributed by atoms with Gasteiger partial charge in [-0.3, -0.25) is 9.59 Å². The van der Waals surface area contributed by atoms with Crippen molar-refractivity contribution >= 4 is 33.4 Å². The molecule has 1 amide bonds. The van der Waals surface area contributed by atoms with E-state index in [9.17, 15) is 14.7 Å². The maximum absolute atomic E-state index is 13.2. The second-order valence-corrected chi connectivity index (χ2v) is 9.33. The largest absolute Gasteiger partial charge is 0.507 e. The van der Waals surface area contributed by atoms with E-state index < -0.39 is 17.7 Å². The number of hydrogen-bond acceptors (Lipinski definition) is 4. The van der Waals surface area contributed by atoms with Gasteiger partial charge < -0.3 is 14.7 Å². The van der Waals surface area contributed by atoms with E-state index >= 15 is 0 Å². The minimum atomic E-state index is -0.693. The summed E-state index contributed by atoms with van der Waals surface area (Å²) in [6.45, 7) is 2.25. The quantitative estimate of drug-likeness (QED) is 0.294. The first-order valence-corrected chi connectivity index (χ1v) is 11.6. The number of Topliss-reactive ketones (excluding diaryl/α,β-unsaturated/α-hetero) is 1. The van der Waals surface area contributed by atoms with Gasteiger partial charge in [0.25, 0.3) is 11.7 Å². The van der Waals surface area contributed by atoms with E-state index in [2.05, 4.69) is 15.9 Å². The Morgan fingerprint density at radius 1 is 1.06 bits per heavy atom. The Kier molecular flexibility index (Phi) is 5.54. The molecule has 3 aromatic rings. The van der Waals surface area contributed by atoms with Gasteiger partial charge in [0, 0.05) is 23.0 Å². The molecule has 1 N–H and O–H groups in total. The molecule has 3 aromatic carbocycles. The number of carbonyl (C=O) groups excluding carboxylic acids is 2. The van der Waals surface area contributed by atoms with Gasteiger partial charge >= 0.3 is 0 Å². The number of amides is 1. The molecule has 5 rings (SSSR count). The number of ketones is 1. The van der Waals surface area contributed by atoms with Gasteiger partial charge in [-0.05, 0) is 53.9 Å². The molecule has 2 heterocycles. The number of aliphatic hydroxyl groups excluding tert-OH is 1. The molecular weight excluding hydrogens is 482 g/mol. The highest BCUT2D eigenvalue weighted by Crippen LogP contribution is 2.41. The molecule has 0 saturated carbocycles. The molecule has 1 saturated heterocycles. The van der Waals surface area contributed by atoms with Crippen molar-refractivity contribution in [2.75, 3.05) is 0 Å². The summed E-state index contributed by atoms with van der Waals surface area (Å²) in [5, 5.41) is 11.3. The Morgan fingerprint density at radius 3 is 2.52 bits per heavy atom. The van der Waals surface area contributed by atoms with Crippen LogP contribution in [0.15, 0.2) is 82.8 Å². The van der Waals surface area contributed by atoms with Crippen molar-refractivity contribution < 1.29 is 19.4 Å². The summed E-state index contributed by atoms with van der Waals surface area (Å²) in [5.74, 6) is -0.680. The normalized spacial score (nSPS) is 21.2. The first-order chi connectivity index (χ1) is 15.9. The van der Waals surface area contributed by atoms with Gasteiger partial charge in [-0.15, -0.1) is 0 Å². The highest BCUT2D eigenvalue weighted by molar-refractivity contribution is 9.10. The number of fused-ring (bicyclic) bond motifs is 1. The van der Waals surface area contributed by atoms with Crippen molar-refractivity contribution in [2.24, 2.45) is 0 Å². The van der Waals surface area contributed by atoms with Crippen LogP contribution in [-0.2, 0) is 22.6 Å². The van der Waals surface area contributed by atoms with Gasteiger partial charge in [-0.25, -0.2) is 0 Å². The Bertz CT molecular complexity index is 1270. The number of ether oxygens (including phenoxy) is 1. The molecule has 0 radical (unpaired) electrons.